The first-order valence-electron chi connectivity index (χ1n) is 13.3. The summed E-state index contributed by atoms with van der Waals surface area (Å²) >= 11 is 7.11. The highest BCUT2D eigenvalue weighted by Gasteiger charge is 2.33. The summed E-state index contributed by atoms with van der Waals surface area (Å²) in [6, 6.07) is 21.2. The number of ether oxygens (including phenoxy) is 1. The number of aliphatic imine (C=N–C) groups is 1. The van der Waals surface area contributed by atoms with Crippen LogP contribution in [0.5, 0.6) is 5.75 Å². The lowest BCUT2D eigenvalue weighted by molar-refractivity contribution is -0.274. The summed E-state index contributed by atoms with van der Waals surface area (Å²) in [6.07, 6.45) is -1.32. The number of aromatic nitrogens is 3. The predicted molar refractivity (Wildman–Crippen MR) is 164 cm³/mol. The predicted octanol–water partition coefficient (Wildman–Crippen LogP) is 7.31. The second-order valence-electron chi connectivity index (χ2n) is 9.87. The zero-order valence-electron chi connectivity index (χ0n) is 22.9. The number of nitrogens with one attached hydrogen (secondary N) is 1. The quantitative estimate of drug-likeness (QED) is 0.177. The first-order valence-corrected chi connectivity index (χ1v) is 14.7. The Labute approximate surface area is 255 Å². The maximum absolute atomic E-state index is 12.4. The molecule has 4 aromatic rings. The number of fused-ring (bicyclic) bond motifs is 3. The van der Waals surface area contributed by atoms with Gasteiger partial charge in [-0.2, -0.15) is 4.99 Å². The van der Waals surface area contributed by atoms with E-state index in [0.29, 0.717) is 17.4 Å². The number of nitrogens with zero attached hydrogens (tertiary/aromatic N) is 5. The number of hydrogen-bond donors (Lipinski definition) is 1. The van der Waals surface area contributed by atoms with Gasteiger partial charge in [-0.05, 0) is 60.6 Å². The Bertz CT molecular complexity index is 1700. The zero-order chi connectivity index (χ0) is 30.1. The van der Waals surface area contributed by atoms with Gasteiger partial charge in [0.05, 0.1) is 11.4 Å². The molecular weight excluding hydrogens is 597 g/mol. The van der Waals surface area contributed by atoms with Crippen molar-refractivity contribution in [1.82, 2.24) is 20.2 Å². The average molecular weight is 623 g/mol. The number of thioether (sulfide) groups is 1. The van der Waals surface area contributed by atoms with Gasteiger partial charge in [-0.3, -0.25) is 9.74 Å². The summed E-state index contributed by atoms with van der Waals surface area (Å²) in [5.74, 6) is 1.33. The summed E-state index contributed by atoms with van der Waals surface area (Å²) in [4.78, 5) is 16.9. The van der Waals surface area contributed by atoms with Gasteiger partial charge in [0.2, 0.25) is 5.11 Å². The number of para-hydroxylation sites is 1. The van der Waals surface area contributed by atoms with Crippen LogP contribution in [0.15, 0.2) is 95.9 Å². The van der Waals surface area contributed by atoms with Crippen LogP contribution in [0.3, 0.4) is 0 Å². The standard InChI is InChI=1S/C30H25F3N6O2S2/c1-18-15-23-16-43-29(39(23)26-6-4-3-5-25(18)26)35-28(42)37-41-19(2)20-7-9-21(10-8-20)27-34-17-38(36-27)22-11-13-24(14-12-22)40-30(31,32)33/h3-15,17-19H,16H2,1-2H3,(H,37,42). The van der Waals surface area contributed by atoms with Crippen molar-refractivity contribution in [3.05, 3.63) is 102 Å². The largest absolute Gasteiger partial charge is 0.573 e. The summed E-state index contributed by atoms with van der Waals surface area (Å²) in [7, 11) is 0. The minimum Gasteiger partial charge on any atom is -0.406 e. The third kappa shape index (κ3) is 6.43. The van der Waals surface area contributed by atoms with Crippen LogP contribution in [-0.2, 0) is 4.84 Å². The lowest BCUT2D eigenvalue weighted by atomic mass is 9.94. The molecule has 1 fully saturated rings. The number of halogens is 3. The summed E-state index contributed by atoms with van der Waals surface area (Å²) in [6.45, 7) is 4.09. The summed E-state index contributed by atoms with van der Waals surface area (Å²) in [5.41, 5.74) is 8.59. The van der Waals surface area contributed by atoms with Crippen molar-refractivity contribution < 1.29 is 22.7 Å². The molecule has 43 heavy (non-hydrogen) atoms. The van der Waals surface area contributed by atoms with Gasteiger partial charge in [0.1, 0.15) is 18.2 Å². The van der Waals surface area contributed by atoms with Crippen LogP contribution in [0.1, 0.15) is 37.0 Å². The van der Waals surface area contributed by atoms with Gasteiger partial charge in [0.25, 0.3) is 0 Å². The molecule has 0 spiro atoms. The molecular formula is C30H25F3N6O2S2. The first kappa shape index (κ1) is 28.9. The minimum absolute atomic E-state index is 0.232. The van der Waals surface area contributed by atoms with E-state index in [-0.39, 0.29) is 17.0 Å². The van der Waals surface area contributed by atoms with E-state index in [1.54, 1.807) is 11.8 Å². The van der Waals surface area contributed by atoms with Crippen LogP contribution >= 0.6 is 24.0 Å². The normalized spacial score (nSPS) is 17.7. The number of benzene rings is 3. The Hall–Kier alpha value is -4.20. The number of anilines is 1. The molecule has 3 heterocycles. The molecule has 1 N–H and O–H groups in total. The molecule has 13 heteroatoms. The topological polar surface area (TPSA) is 76.8 Å². The fraction of sp³-hybridized carbons (Fsp3) is 0.200. The Morgan fingerprint density at radius 1 is 1.09 bits per heavy atom. The van der Waals surface area contributed by atoms with Crippen LogP contribution in [-0.4, -0.2) is 37.2 Å². The Kier molecular flexibility index (Phi) is 7.95. The zero-order valence-corrected chi connectivity index (χ0v) is 24.6. The fourth-order valence-electron chi connectivity index (χ4n) is 4.85. The number of hydrogen-bond acceptors (Lipinski definition) is 6. The van der Waals surface area contributed by atoms with Crippen LogP contribution < -0.4 is 15.1 Å². The van der Waals surface area contributed by atoms with Crippen LogP contribution in [0.2, 0.25) is 0 Å². The minimum atomic E-state index is -4.75. The Balaban J connectivity index is 1.06. The van der Waals surface area contributed by atoms with Crippen molar-refractivity contribution in [3.8, 4) is 22.8 Å². The van der Waals surface area contributed by atoms with Crippen molar-refractivity contribution >= 4 is 39.9 Å². The molecule has 1 aromatic heterocycles. The maximum Gasteiger partial charge on any atom is 0.573 e. The summed E-state index contributed by atoms with van der Waals surface area (Å²) in [5, 5.41) is 5.48. The molecule has 6 rings (SSSR count). The lowest BCUT2D eigenvalue weighted by Crippen LogP contribution is -2.29. The van der Waals surface area contributed by atoms with Gasteiger partial charge in [-0.1, -0.05) is 67.2 Å². The Morgan fingerprint density at radius 2 is 1.84 bits per heavy atom. The maximum atomic E-state index is 12.4. The van der Waals surface area contributed by atoms with Crippen molar-refractivity contribution in [2.75, 3.05) is 10.7 Å². The van der Waals surface area contributed by atoms with E-state index in [4.69, 9.17) is 17.1 Å². The molecule has 2 unspecified atom stereocenters. The molecule has 0 aliphatic carbocycles. The van der Waals surface area contributed by atoms with E-state index >= 15 is 0 Å². The molecule has 2 aliphatic rings. The molecule has 2 aliphatic heterocycles. The van der Waals surface area contributed by atoms with Crippen LogP contribution in [0.25, 0.3) is 17.1 Å². The number of allylic oxidation sites excluding steroid dienone is 1. The third-order valence-electron chi connectivity index (χ3n) is 6.92. The van der Waals surface area contributed by atoms with Gasteiger partial charge in [0.15, 0.2) is 11.0 Å². The SMILES string of the molecule is CC1C=C2CSC(=NC(=S)NOC(C)c3ccc(-c4ncn(-c5ccc(OC(F)(F)F)cc5)n4)cc3)N2c2ccccc21. The van der Waals surface area contributed by atoms with Gasteiger partial charge in [-0.25, -0.2) is 15.1 Å². The Morgan fingerprint density at radius 3 is 2.58 bits per heavy atom. The monoisotopic (exact) mass is 622 g/mol. The highest BCUT2D eigenvalue weighted by molar-refractivity contribution is 8.14. The third-order valence-corrected chi connectivity index (χ3v) is 8.07. The van der Waals surface area contributed by atoms with Crippen molar-refractivity contribution in [2.45, 2.75) is 32.2 Å². The molecule has 0 amide bonds. The number of rotatable bonds is 6. The number of hydroxylamine groups is 1. The van der Waals surface area contributed by atoms with Crippen molar-refractivity contribution in [2.24, 2.45) is 4.99 Å². The second kappa shape index (κ2) is 11.8. The fourth-order valence-corrected chi connectivity index (χ4v) is 6.04. The molecule has 0 saturated carbocycles. The highest BCUT2D eigenvalue weighted by Crippen LogP contribution is 2.42. The van der Waals surface area contributed by atoms with E-state index in [1.165, 1.54) is 46.5 Å². The molecule has 1 saturated heterocycles. The van der Waals surface area contributed by atoms with Gasteiger partial charge < -0.3 is 4.74 Å². The number of alkyl halides is 3. The van der Waals surface area contributed by atoms with Crippen LogP contribution in [0.4, 0.5) is 18.9 Å². The molecule has 2 atom stereocenters. The number of thiocarbonyl (C=S) groups is 1. The van der Waals surface area contributed by atoms with E-state index < -0.39 is 6.36 Å². The highest BCUT2D eigenvalue weighted by atomic mass is 32.2. The van der Waals surface area contributed by atoms with E-state index in [0.717, 1.165) is 27.7 Å². The molecule has 3 aromatic carbocycles. The smallest absolute Gasteiger partial charge is 0.406 e. The van der Waals surface area contributed by atoms with Crippen LogP contribution in [0, 0.1) is 0 Å². The van der Waals surface area contributed by atoms with Gasteiger partial charge in [-0.15, -0.1) is 18.3 Å². The molecule has 8 nitrogen and oxygen atoms in total. The molecule has 0 radical (unpaired) electrons. The van der Waals surface area contributed by atoms with Crippen molar-refractivity contribution in [3.63, 3.8) is 0 Å². The van der Waals surface area contributed by atoms with E-state index in [9.17, 15) is 13.2 Å². The van der Waals surface area contributed by atoms with Gasteiger partial charge >= 0.3 is 6.36 Å². The van der Waals surface area contributed by atoms with E-state index in [1.807, 2.05) is 43.3 Å². The first-order chi connectivity index (χ1) is 20.6. The average Bonchev–Trinajstić information content (AvgIpc) is 3.64. The van der Waals surface area contributed by atoms with E-state index in [2.05, 4.69) is 55.3 Å². The van der Waals surface area contributed by atoms with Gasteiger partial charge in [0, 0.05) is 22.9 Å². The molecule has 0 bridgehead atoms. The molecule has 220 valence electrons. The second-order valence-corrected chi connectivity index (χ2v) is 11.2. The number of amidine groups is 1. The lowest BCUT2D eigenvalue weighted by Gasteiger charge is -2.29. The summed E-state index contributed by atoms with van der Waals surface area (Å²) < 4.78 is 42.6. The van der Waals surface area contributed by atoms with Crippen molar-refractivity contribution in [1.29, 1.82) is 0 Å².